The summed E-state index contributed by atoms with van der Waals surface area (Å²) in [4.78, 5) is 26.8. The molecule has 2 heterocycles. The summed E-state index contributed by atoms with van der Waals surface area (Å²) in [6, 6.07) is 9.44. The third-order valence-electron chi connectivity index (χ3n) is 8.19. The fourth-order valence-corrected chi connectivity index (χ4v) is 5.49. The second kappa shape index (κ2) is 14.1. The lowest BCUT2D eigenvalue weighted by atomic mass is 9.98. The van der Waals surface area contributed by atoms with Gasteiger partial charge >= 0.3 is 23.3 Å². The molecule has 1 aliphatic rings. The van der Waals surface area contributed by atoms with Crippen LogP contribution in [0.1, 0.15) is 20.7 Å². The molecule has 0 bridgehead atoms. The lowest BCUT2D eigenvalue weighted by Crippen LogP contribution is -2.62. The molecule has 5 atom stereocenters. The number of hydrogen-bond donors (Lipinski definition) is 12. The van der Waals surface area contributed by atoms with E-state index in [0.717, 1.165) is 30.3 Å². The monoisotopic (exact) mass is 753 g/mol. The van der Waals surface area contributed by atoms with Crippen LogP contribution in [0.5, 0.6) is 63.2 Å². The van der Waals surface area contributed by atoms with E-state index in [-0.39, 0.29) is 28.0 Å². The van der Waals surface area contributed by atoms with E-state index in [1.165, 1.54) is 6.07 Å². The molecule has 6 rings (SSSR count). The molecule has 12 N–H and O–H groups in total. The number of carbonyl (C=O) groups is 2. The Balaban J connectivity index is 1.48. The number of carbonyl (C=O) groups excluding carboxylic acids is 2. The van der Waals surface area contributed by atoms with Crippen molar-refractivity contribution in [3.05, 3.63) is 71.8 Å². The van der Waals surface area contributed by atoms with E-state index in [1.807, 2.05) is 0 Å². The first-order valence-electron chi connectivity index (χ1n) is 15.4. The van der Waals surface area contributed by atoms with Gasteiger partial charge in [0.05, 0.1) is 29.4 Å². The highest BCUT2D eigenvalue weighted by Gasteiger charge is 2.52. The largest absolute Gasteiger partial charge is 0.507 e. The first kappa shape index (κ1) is 36.7. The maximum absolute atomic E-state index is 13.5. The van der Waals surface area contributed by atoms with Gasteiger partial charge in [-0.2, -0.15) is 0 Å². The van der Waals surface area contributed by atoms with Crippen molar-refractivity contribution in [2.75, 3.05) is 6.61 Å². The number of ether oxygens (including phenoxy) is 4. The number of rotatable bonds is 8. The van der Waals surface area contributed by atoms with Gasteiger partial charge in [-0.25, -0.2) is 14.0 Å². The molecule has 282 valence electrons. The van der Waals surface area contributed by atoms with Crippen molar-refractivity contribution in [3.8, 4) is 74.6 Å². The molecule has 0 amide bonds. The first-order chi connectivity index (χ1) is 25.6. The number of esters is 2. The van der Waals surface area contributed by atoms with E-state index in [9.17, 15) is 70.9 Å². The van der Waals surface area contributed by atoms with E-state index in [1.54, 1.807) is 0 Å². The van der Waals surface area contributed by atoms with Crippen LogP contribution < -0.4 is 4.74 Å². The molecule has 1 fully saturated rings. The van der Waals surface area contributed by atoms with E-state index < -0.39 is 118 Å². The van der Waals surface area contributed by atoms with Crippen molar-refractivity contribution in [1.82, 2.24) is 0 Å². The Morgan fingerprint density at radius 2 is 1.20 bits per heavy atom. The highest BCUT2D eigenvalue weighted by Crippen LogP contribution is 2.43. The minimum atomic E-state index is -2.08. The number of aromatic hydroxyl groups is 10. The molecule has 4 aromatic carbocycles. The zero-order valence-electron chi connectivity index (χ0n) is 27.1. The van der Waals surface area contributed by atoms with Crippen LogP contribution in [0, 0.1) is 0 Å². The van der Waals surface area contributed by atoms with Crippen molar-refractivity contribution >= 4 is 22.9 Å². The zero-order valence-corrected chi connectivity index (χ0v) is 27.1. The standard InChI is InChI=1S/C35H28O19/c36-11-26-29(47)31(53-33(48)13-4-20(41)27(45)21(42)5-13)32(54-34(49)14-6-22(43)28(46)23(44)7-14)35(52-26)51-25-10-16-18(39)8-15(37)9-24(16)50-30(25)12-1-2-17(38)19(40)3-12/h1-10,26,29,31-32,35-36,47H,11H2,(H9-,37,38,39,40,41,42,43,44,45,46,48,49)/p+1. The minimum absolute atomic E-state index is 0.0121. The van der Waals surface area contributed by atoms with E-state index in [0.29, 0.717) is 24.3 Å². The van der Waals surface area contributed by atoms with Crippen LogP contribution in [-0.4, -0.2) is 111 Å². The van der Waals surface area contributed by atoms with Crippen LogP contribution >= 0.6 is 0 Å². The van der Waals surface area contributed by atoms with Gasteiger partial charge in [0.2, 0.25) is 18.1 Å². The third-order valence-corrected chi connectivity index (χ3v) is 8.19. The number of phenolic OH excluding ortho intramolecular Hbond substituents is 10. The average Bonchev–Trinajstić information content (AvgIpc) is 3.12. The molecule has 54 heavy (non-hydrogen) atoms. The highest BCUT2D eigenvalue weighted by atomic mass is 16.7. The first-order valence-corrected chi connectivity index (χ1v) is 15.4. The van der Waals surface area contributed by atoms with Crippen molar-refractivity contribution < 1.29 is 94.2 Å². The normalized spacial score (nSPS) is 19.6. The Labute approximate surface area is 300 Å². The number of aliphatic hydroxyl groups excluding tert-OH is 2. The number of fused-ring (bicyclic) bond motifs is 1. The summed E-state index contributed by atoms with van der Waals surface area (Å²) in [7, 11) is 0. The second-order valence-corrected chi connectivity index (χ2v) is 11.8. The van der Waals surface area contributed by atoms with Gasteiger partial charge in [0.15, 0.2) is 52.1 Å². The van der Waals surface area contributed by atoms with Gasteiger partial charge in [0, 0.05) is 18.2 Å². The van der Waals surface area contributed by atoms with Crippen LogP contribution in [-0.2, 0) is 14.2 Å². The molecule has 19 nitrogen and oxygen atoms in total. The molecule has 19 heteroatoms. The number of phenols is 10. The molecular weight excluding hydrogens is 724 g/mol. The fraction of sp³-hybridized carbons (Fsp3) is 0.171. The zero-order chi connectivity index (χ0) is 39.2. The van der Waals surface area contributed by atoms with Crippen molar-refractivity contribution in [2.45, 2.75) is 30.7 Å². The van der Waals surface area contributed by atoms with Gasteiger partial charge in [-0.3, -0.25) is 0 Å². The number of hydrogen-bond acceptors (Lipinski definition) is 18. The van der Waals surface area contributed by atoms with Gasteiger partial charge in [0.1, 0.15) is 29.1 Å². The lowest BCUT2D eigenvalue weighted by molar-refractivity contribution is -0.276. The highest BCUT2D eigenvalue weighted by molar-refractivity contribution is 5.92. The van der Waals surface area contributed by atoms with Crippen LogP contribution in [0.3, 0.4) is 0 Å². The van der Waals surface area contributed by atoms with Gasteiger partial charge < -0.3 is 80.2 Å². The Morgan fingerprint density at radius 3 is 1.74 bits per heavy atom. The smallest absolute Gasteiger partial charge is 0.402 e. The Kier molecular flexibility index (Phi) is 9.61. The number of aliphatic hydroxyl groups is 2. The van der Waals surface area contributed by atoms with Crippen molar-refractivity contribution in [1.29, 1.82) is 0 Å². The second-order valence-electron chi connectivity index (χ2n) is 11.8. The Hall–Kier alpha value is -7.09. The topological polar surface area (TPSA) is 325 Å². The summed E-state index contributed by atoms with van der Waals surface area (Å²) < 4.78 is 28.8. The molecule has 0 radical (unpaired) electrons. The predicted molar refractivity (Wildman–Crippen MR) is 176 cm³/mol. The summed E-state index contributed by atoms with van der Waals surface area (Å²) in [5, 5.41) is 122. The van der Waals surface area contributed by atoms with Gasteiger partial charge in [-0.15, -0.1) is 0 Å². The minimum Gasteiger partial charge on any atom is -0.507 e. The van der Waals surface area contributed by atoms with Crippen molar-refractivity contribution in [3.63, 3.8) is 0 Å². The summed E-state index contributed by atoms with van der Waals surface area (Å²) in [6.07, 6.45) is -9.86. The summed E-state index contributed by atoms with van der Waals surface area (Å²) in [5.74, 6) is -11.3. The van der Waals surface area contributed by atoms with E-state index in [2.05, 4.69) is 0 Å². The maximum Gasteiger partial charge on any atom is 0.402 e. The quantitative estimate of drug-likeness (QED) is 0.0614. The van der Waals surface area contributed by atoms with Crippen molar-refractivity contribution in [2.24, 2.45) is 0 Å². The molecule has 0 aliphatic carbocycles. The third kappa shape index (κ3) is 6.91. The van der Waals surface area contributed by atoms with E-state index in [4.69, 9.17) is 23.4 Å². The van der Waals surface area contributed by atoms with Gasteiger partial charge in [-0.1, -0.05) is 0 Å². The van der Waals surface area contributed by atoms with Crippen LogP contribution in [0.2, 0.25) is 0 Å². The average molecular weight is 754 g/mol. The lowest BCUT2D eigenvalue weighted by Gasteiger charge is -2.42. The van der Waals surface area contributed by atoms with Gasteiger partial charge in [0.25, 0.3) is 0 Å². The van der Waals surface area contributed by atoms with E-state index >= 15 is 0 Å². The molecule has 1 saturated heterocycles. The molecule has 5 unspecified atom stereocenters. The fourth-order valence-electron chi connectivity index (χ4n) is 5.49. The summed E-state index contributed by atoms with van der Waals surface area (Å²) in [6.45, 7) is -0.975. The van der Waals surface area contributed by atoms with Gasteiger partial charge in [-0.05, 0) is 36.4 Å². The predicted octanol–water partition coefficient (Wildman–Crippen LogP) is 2.35. The SMILES string of the molecule is O=C(OC1C(Oc2cc3c(O)cc(O)cc3[o+]c2-c2ccc(O)c(O)c2)OC(CO)C(O)C1OC(=O)c1cc(O)c(O)c(O)c1)c1cc(O)c(O)c(O)c1. The molecule has 1 aromatic heterocycles. The number of benzene rings is 4. The Morgan fingerprint density at radius 1 is 0.648 bits per heavy atom. The maximum atomic E-state index is 13.5. The molecular formula is C35H29O19+. The summed E-state index contributed by atoms with van der Waals surface area (Å²) >= 11 is 0. The Bertz CT molecular complexity index is 2240. The molecule has 0 spiro atoms. The van der Waals surface area contributed by atoms with Crippen LogP contribution in [0.4, 0.5) is 0 Å². The summed E-state index contributed by atoms with van der Waals surface area (Å²) in [5.41, 5.74) is -1.29. The molecule has 5 aromatic rings. The molecule has 1 aliphatic heterocycles. The van der Waals surface area contributed by atoms with Crippen LogP contribution in [0.15, 0.2) is 65.1 Å². The molecule has 0 saturated carbocycles. The van der Waals surface area contributed by atoms with Crippen LogP contribution in [0.25, 0.3) is 22.3 Å².